The highest BCUT2D eigenvalue weighted by atomic mass is 19.1. The van der Waals surface area contributed by atoms with Crippen LogP contribution < -0.4 is 10.7 Å². The van der Waals surface area contributed by atoms with Gasteiger partial charge in [-0.2, -0.15) is 5.26 Å². The first-order valence-corrected chi connectivity index (χ1v) is 4.09. The van der Waals surface area contributed by atoms with Gasteiger partial charge in [0, 0.05) is 6.08 Å². The van der Waals surface area contributed by atoms with Crippen molar-refractivity contribution in [2.75, 3.05) is 0 Å². The summed E-state index contributed by atoms with van der Waals surface area (Å²) in [6.07, 6.45) is 4.10. The summed E-state index contributed by atoms with van der Waals surface area (Å²) in [6.45, 7) is 5.49. The highest BCUT2D eigenvalue weighted by Gasteiger charge is 1.95. The number of rotatable bonds is 2. The average molecular weight is 191 g/mol. The Morgan fingerprint density at radius 1 is 1.86 bits per heavy atom. The second-order valence-electron chi connectivity index (χ2n) is 2.68. The van der Waals surface area contributed by atoms with Crippen LogP contribution in [0, 0.1) is 11.3 Å². The minimum atomic E-state index is -0.364. The third kappa shape index (κ3) is 2.07. The average Bonchev–Trinajstić information content (AvgIpc) is 2.50. The molecule has 0 aromatic carbocycles. The molecule has 0 saturated carbocycles. The lowest BCUT2D eigenvalue weighted by atomic mass is 10.4. The molecule has 0 aliphatic heterocycles. The van der Waals surface area contributed by atoms with Crippen LogP contribution in [-0.4, -0.2) is 9.55 Å². The first-order chi connectivity index (χ1) is 6.69. The van der Waals surface area contributed by atoms with Crippen LogP contribution in [0.3, 0.4) is 0 Å². The maximum atomic E-state index is 12.9. The van der Waals surface area contributed by atoms with Gasteiger partial charge in [0.25, 0.3) is 0 Å². The zero-order valence-electron chi connectivity index (χ0n) is 7.87. The van der Waals surface area contributed by atoms with Gasteiger partial charge in [-0.15, -0.1) is 0 Å². The van der Waals surface area contributed by atoms with E-state index in [0.717, 1.165) is 0 Å². The smallest absolute Gasteiger partial charge is 0.121 e. The molecule has 0 amide bonds. The molecule has 0 unspecified atom stereocenters. The summed E-state index contributed by atoms with van der Waals surface area (Å²) in [5.41, 5.74) is 0. The molecule has 3 nitrogen and oxygen atoms in total. The molecule has 72 valence electrons. The molecule has 1 aromatic heterocycles. The molecule has 1 aromatic rings. The number of hydrogen-bond acceptors (Lipinski definition) is 2. The third-order valence-electron chi connectivity index (χ3n) is 1.77. The molecule has 14 heavy (non-hydrogen) atoms. The predicted octanol–water partition coefficient (Wildman–Crippen LogP) is 0.471. The van der Waals surface area contributed by atoms with E-state index in [1.54, 1.807) is 11.5 Å². The van der Waals surface area contributed by atoms with Gasteiger partial charge in [0.05, 0.1) is 23.1 Å². The van der Waals surface area contributed by atoms with E-state index < -0.39 is 0 Å². The van der Waals surface area contributed by atoms with Crippen molar-refractivity contribution in [2.24, 2.45) is 0 Å². The van der Waals surface area contributed by atoms with Crippen LogP contribution in [0.25, 0.3) is 12.7 Å². The largest absolute Gasteiger partial charge is 0.317 e. The van der Waals surface area contributed by atoms with Gasteiger partial charge in [0.1, 0.15) is 12.4 Å². The van der Waals surface area contributed by atoms with E-state index in [9.17, 15) is 4.39 Å². The van der Waals surface area contributed by atoms with Gasteiger partial charge in [0.15, 0.2) is 0 Å². The van der Waals surface area contributed by atoms with Gasteiger partial charge >= 0.3 is 0 Å². The van der Waals surface area contributed by atoms with Gasteiger partial charge in [-0.25, -0.2) is 9.37 Å². The van der Waals surface area contributed by atoms with Crippen LogP contribution in [0.1, 0.15) is 6.92 Å². The lowest BCUT2D eigenvalue weighted by Crippen LogP contribution is -2.28. The quantitative estimate of drug-likeness (QED) is 0.682. The van der Waals surface area contributed by atoms with Crippen molar-refractivity contribution in [3.8, 4) is 6.07 Å². The van der Waals surface area contributed by atoms with E-state index in [2.05, 4.69) is 11.6 Å². The van der Waals surface area contributed by atoms with Crippen LogP contribution in [-0.2, 0) is 6.54 Å². The molecule has 1 rings (SSSR count). The molecule has 0 bridgehead atoms. The standard InChI is InChI=1S/C10H10FN3/c1-3-9(11)6-10-8(2)14(5-4-12)7-13-10/h3,6-7H,2,5H2,1H3/b9-3+,10-6+. The first kappa shape index (κ1) is 10.2. The van der Waals surface area contributed by atoms with Crippen molar-refractivity contribution < 1.29 is 4.39 Å². The van der Waals surface area contributed by atoms with Crippen molar-refractivity contribution in [3.63, 3.8) is 0 Å². The molecule has 4 heteroatoms. The summed E-state index contributed by atoms with van der Waals surface area (Å²) in [4.78, 5) is 3.94. The highest BCUT2D eigenvalue weighted by Crippen LogP contribution is 1.94. The molecular formula is C10H10FN3. The molecule has 0 atom stereocenters. The van der Waals surface area contributed by atoms with Gasteiger partial charge in [0.2, 0.25) is 0 Å². The maximum absolute atomic E-state index is 12.9. The minimum absolute atomic E-state index is 0.178. The Morgan fingerprint density at radius 3 is 3.14 bits per heavy atom. The number of allylic oxidation sites excluding steroid dienone is 2. The maximum Gasteiger partial charge on any atom is 0.121 e. The van der Waals surface area contributed by atoms with Gasteiger partial charge in [-0.1, -0.05) is 12.7 Å². The summed E-state index contributed by atoms with van der Waals surface area (Å²) in [5.74, 6) is -0.364. The molecule has 0 spiro atoms. The lowest BCUT2D eigenvalue weighted by Gasteiger charge is -1.89. The molecule has 0 saturated heterocycles. The molecule has 0 aliphatic rings. The van der Waals surface area contributed by atoms with Crippen molar-refractivity contribution in [2.45, 2.75) is 13.5 Å². The summed E-state index contributed by atoms with van der Waals surface area (Å²) < 4.78 is 14.4. The SMILES string of the molecule is C=c1/c(=C\C(F)=C/C)ncn1CC#N. The normalized spacial score (nSPS) is 12.9. The summed E-state index contributed by atoms with van der Waals surface area (Å²) in [6, 6.07) is 1.97. The van der Waals surface area contributed by atoms with Crippen molar-refractivity contribution in [1.82, 2.24) is 9.55 Å². The number of nitrogens with zero attached hydrogens (tertiary/aromatic N) is 3. The number of halogens is 1. The molecule has 1 heterocycles. The zero-order chi connectivity index (χ0) is 10.6. The van der Waals surface area contributed by atoms with E-state index in [-0.39, 0.29) is 12.4 Å². The summed E-state index contributed by atoms with van der Waals surface area (Å²) >= 11 is 0. The second-order valence-corrected chi connectivity index (χ2v) is 2.68. The van der Waals surface area contributed by atoms with Crippen LogP contribution in [0.5, 0.6) is 0 Å². The van der Waals surface area contributed by atoms with Crippen molar-refractivity contribution in [1.29, 1.82) is 5.26 Å². The minimum Gasteiger partial charge on any atom is -0.317 e. The van der Waals surface area contributed by atoms with E-state index in [4.69, 9.17) is 5.26 Å². The zero-order valence-corrected chi connectivity index (χ0v) is 7.87. The van der Waals surface area contributed by atoms with Crippen LogP contribution in [0.15, 0.2) is 18.2 Å². The molecule has 0 fully saturated rings. The predicted molar refractivity (Wildman–Crippen MR) is 51.9 cm³/mol. The van der Waals surface area contributed by atoms with Crippen LogP contribution in [0.2, 0.25) is 0 Å². The monoisotopic (exact) mass is 191 g/mol. The molecule has 0 aliphatic carbocycles. The Bertz CT molecular complexity index is 490. The first-order valence-electron chi connectivity index (χ1n) is 4.09. The Kier molecular flexibility index (Phi) is 3.19. The Labute approximate surface area is 81.1 Å². The summed E-state index contributed by atoms with van der Waals surface area (Å²) in [7, 11) is 0. The molecule has 0 N–H and O–H groups in total. The van der Waals surface area contributed by atoms with E-state index in [1.165, 1.54) is 18.5 Å². The van der Waals surface area contributed by atoms with Crippen molar-refractivity contribution >= 4 is 12.7 Å². The fourth-order valence-electron chi connectivity index (χ4n) is 0.970. The van der Waals surface area contributed by atoms with E-state index >= 15 is 0 Å². The third-order valence-corrected chi connectivity index (χ3v) is 1.77. The number of imidazole rings is 1. The topological polar surface area (TPSA) is 41.6 Å². The number of aromatic nitrogens is 2. The second kappa shape index (κ2) is 4.38. The Balaban J connectivity index is 3.22. The number of nitriles is 1. The fraction of sp³-hybridized carbons (Fsp3) is 0.200. The lowest BCUT2D eigenvalue weighted by molar-refractivity contribution is 0.677. The van der Waals surface area contributed by atoms with Crippen LogP contribution >= 0.6 is 0 Å². The van der Waals surface area contributed by atoms with Gasteiger partial charge < -0.3 is 4.57 Å². The van der Waals surface area contributed by atoms with Gasteiger partial charge in [-0.05, 0) is 6.92 Å². The van der Waals surface area contributed by atoms with Crippen molar-refractivity contribution in [3.05, 3.63) is 28.9 Å². The fourth-order valence-corrected chi connectivity index (χ4v) is 0.970. The van der Waals surface area contributed by atoms with E-state index in [0.29, 0.717) is 10.7 Å². The molecular weight excluding hydrogens is 181 g/mol. The van der Waals surface area contributed by atoms with Crippen LogP contribution in [0.4, 0.5) is 4.39 Å². The molecule has 0 radical (unpaired) electrons. The van der Waals surface area contributed by atoms with Gasteiger partial charge in [-0.3, -0.25) is 0 Å². The highest BCUT2D eigenvalue weighted by molar-refractivity contribution is 5.39. The van der Waals surface area contributed by atoms with E-state index in [1.807, 2.05) is 6.07 Å². The number of hydrogen-bond donors (Lipinski definition) is 0. The summed E-state index contributed by atoms with van der Waals surface area (Å²) in [5, 5.41) is 9.46. The Morgan fingerprint density at radius 2 is 2.57 bits per heavy atom. The Hall–Kier alpha value is -1.89.